The molecule has 0 saturated carbocycles. The van der Waals surface area contributed by atoms with E-state index in [-0.39, 0.29) is 0 Å². The van der Waals surface area contributed by atoms with E-state index in [9.17, 15) is 0 Å². The fourth-order valence-electron chi connectivity index (χ4n) is 2.97. The lowest BCUT2D eigenvalue weighted by Gasteiger charge is -2.31. The largest absolute Gasteiger partial charge is 0.0853 e. The summed E-state index contributed by atoms with van der Waals surface area (Å²) in [5.41, 5.74) is 0. The first-order valence-corrected chi connectivity index (χ1v) is 8.88. The van der Waals surface area contributed by atoms with Crippen LogP contribution in [0.25, 0.3) is 0 Å². The molecule has 110 valence electrons. The summed E-state index contributed by atoms with van der Waals surface area (Å²) in [6.45, 7) is 11.7. The number of rotatable bonds is 11. The monoisotopic (exact) mass is 318 g/mol. The van der Waals surface area contributed by atoms with E-state index in [2.05, 4.69) is 50.5 Å². The molecule has 0 atom stereocenters. The molecule has 0 aliphatic carbocycles. The van der Waals surface area contributed by atoms with Gasteiger partial charge in [0.2, 0.25) is 0 Å². The Labute approximate surface area is 124 Å². The number of hydrogen-bond acceptors (Lipinski definition) is 0. The Morgan fingerprint density at radius 2 is 1.22 bits per heavy atom. The molecule has 0 rings (SSSR count). The van der Waals surface area contributed by atoms with Crippen molar-refractivity contribution in [2.75, 3.05) is 0 Å². The van der Waals surface area contributed by atoms with Crippen LogP contribution in [-0.2, 0) is 0 Å². The van der Waals surface area contributed by atoms with Crippen molar-refractivity contribution >= 4 is 15.9 Å². The SMILES string of the molecule is CCCCCCCCC(Br)(CC(C)C)CC(C)C. The predicted molar refractivity (Wildman–Crippen MR) is 88.6 cm³/mol. The Bertz CT molecular complexity index is 174. The van der Waals surface area contributed by atoms with Gasteiger partial charge in [0.25, 0.3) is 0 Å². The maximum atomic E-state index is 4.07. The van der Waals surface area contributed by atoms with Crippen LogP contribution in [0, 0.1) is 11.8 Å². The van der Waals surface area contributed by atoms with Gasteiger partial charge in [0.05, 0.1) is 0 Å². The molecular weight excluding hydrogens is 284 g/mol. The van der Waals surface area contributed by atoms with Gasteiger partial charge in [0.1, 0.15) is 0 Å². The van der Waals surface area contributed by atoms with Crippen LogP contribution in [0.3, 0.4) is 0 Å². The molecule has 0 aliphatic heterocycles. The van der Waals surface area contributed by atoms with Crippen molar-refractivity contribution < 1.29 is 0 Å². The van der Waals surface area contributed by atoms with Gasteiger partial charge in [-0.15, -0.1) is 0 Å². The van der Waals surface area contributed by atoms with E-state index >= 15 is 0 Å². The van der Waals surface area contributed by atoms with Crippen molar-refractivity contribution in [2.45, 2.75) is 96.7 Å². The molecule has 0 heterocycles. The van der Waals surface area contributed by atoms with Crippen LogP contribution < -0.4 is 0 Å². The topological polar surface area (TPSA) is 0 Å². The first-order chi connectivity index (χ1) is 8.39. The maximum absolute atomic E-state index is 4.07. The van der Waals surface area contributed by atoms with Gasteiger partial charge >= 0.3 is 0 Å². The molecule has 0 aliphatic rings. The van der Waals surface area contributed by atoms with Gasteiger partial charge in [-0.1, -0.05) is 89.1 Å². The second-order valence-electron chi connectivity index (χ2n) is 6.86. The van der Waals surface area contributed by atoms with E-state index in [1.54, 1.807) is 0 Å². The van der Waals surface area contributed by atoms with Gasteiger partial charge in [-0.2, -0.15) is 0 Å². The van der Waals surface area contributed by atoms with Gasteiger partial charge in [-0.3, -0.25) is 0 Å². The molecular formula is C17H35Br. The highest BCUT2D eigenvalue weighted by Crippen LogP contribution is 2.38. The van der Waals surface area contributed by atoms with E-state index in [0.717, 1.165) is 11.8 Å². The molecule has 18 heavy (non-hydrogen) atoms. The lowest BCUT2D eigenvalue weighted by Crippen LogP contribution is -2.25. The van der Waals surface area contributed by atoms with Gasteiger partial charge in [-0.05, 0) is 31.1 Å². The quantitative estimate of drug-likeness (QED) is 0.285. The molecule has 0 radical (unpaired) electrons. The van der Waals surface area contributed by atoms with E-state index in [1.165, 1.54) is 57.8 Å². The third-order valence-electron chi connectivity index (χ3n) is 3.53. The van der Waals surface area contributed by atoms with Crippen LogP contribution in [-0.4, -0.2) is 4.32 Å². The normalized spacial score (nSPS) is 12.7. The molecule has 0 aromatic rings. The lowest BCUT2D eigenvalue weighted by molar-refractivity contribution is 0.359. The second kappa shape index (κ2) is 10.3. The Balaban J connectivity index is 3.93. The molecule has 0 saturated heterocycles. The summed E-state index contributed by atoms with van der Waals surface area (Å²) in [5.74, 6) is 1.59. The molecule has 0 aromatic carbocycles. The summed E-state index contributed by atoms with van der Waals surface area (Å²) < 4.78 is 0.403. The minimum Gasteiger partial charge on any atom is -0.0853 e. The summed E-state index contributed by atoms with van der Waals surface area (Å²) in [6.07, 6.45) is 12.4. The van der Waals surface area contributed by atoms with E-state index in [0.29, 0.717) is 4.32 Å². The Hall–Kier alpha value is 0.480. The van der Waals surface area contributed by atoms with Crippen LogP contribution in [0.1, 0.15) is 92.4 Å². The summed E-state index contributed by atoms with van der Waals surface area (Å²) in [4.78, 5) is 0. The summed E-state index contributed by atoms with van der Waals surface area (Å²) in [6, 6.07) is 0. The van der Waals surface area contributed by atoms with Crippen molar-refractivity contribution in [2.24, 2.45) is 11.8 Å². The van der Waals surface area contributed by atoms with Crippen LogP contribution in [0.4, 0.5) is 0 Å². The fourth-order valence-corrected chi connectivity index (χ4v) is 4.55. The molecule has 0 unspecified atom stereocenters. The van der Waals surface area contributed by atoms with Crippen LogP contribution >= 0.6 is 15.9 Å². The Morgan fingerprint density at radius 3 is 1.67 bits per heavy atom. The molecule has 0 N–H and O–H groups in total. The summed E-state index contributed by atoms with van der Waals surface area (Å²) in [5, 5.41) is 0. The minimum absolute atomic E-state index is 0.403. The van der Waals surface area contributed by atoms with E-state index in [1.807, 2.05) is 0 Å². The molecule has 0 amide bonds. The highest BCUT2D eigenvalue weighted by molar-refractivity contribution is 9.10. The predicted octanol–water partition coefficient (Wildman–Crippen LogP) is 6.96. The number of alkyl halides is 1. The van der Waals surface area contributed by atoms with Crippen molar-refractivity contribution in [1.29, 1.82) is 0 Å². The number of hydrogen-bond donors (Lipinski definition) is 0. The van der Waals surface area contributed by atoms with Crippen molar-refractivity contribution in [1.82, 2.24) is 0 Å². The average Bonchev–Trinajstić information content (AvgIpc) is 2.20. The summed E-state index contributed by atoms with van der Waals surface area (Å²) in [7, 11) is 0. The van der Waals surface area contributed by atoms with Crippen LogP contribution in [0.2, 0.25) is 0 Å². The van der Waals surface area contributed by atoms with E-state index in [4.69, 9.17) is 0 Å². The minimum atomic E-state index is 0.403. The molecule has 0 fully saturated rings. The van der Waals surface area contributed by atoms with Crippen molar-refractivity contribution in [3.8, 4) is 0 Å². The highest BCUT2D eigenvalue weighted by Gasteiger charge is 2.27. The Morgan fingerprint density at radius 1 is 0.778 bits per heavy atom. The Kier molecular flexibility index (Phi) is 10.6. The standard InChI is InChI=1S/C17H35Br/c1-6-7-8-9-10-11-12-17(18,13-15(2)3)14-16(4)5/h15-16H,6-14H2,1-5H3. The highest BCUT2D eigenvalue weighted by atomic mass is 79.9. The molecule has 0 nitrogen and oxygen atoms in total. The summed E-state index contributed by atoms with van der Waals surface area (Å²) >= 11 is 4.07. The number of unbranched alkanes of at least 4 members (excludes halogenated alkanes) is 5. The van der Waals surface area contributed by atoms with Crippen molar-refractivity contribution in [3.63, 3.8) is 0 Å². The van der Waals surface area contributed by atoms with Gasteiger partial charge < -0.3 is 0 Å². The van der Waals surface area contributed by atoms with Gasteiger partial charge in [0.15, 0.2) is 0 Å². The molecule has 0 aromatic heterocycles. The van der Waals surface area contributed by atoms with Gasteiger partial charge in [0, 0.05) is 4.32 Å². The van der Waals surface area contributed by atoms with Crippen LogP contribution in [0.5, 0.6) is 0 Å². The fraction of sp³-hybridized carbons (Fsp3) is 1.00. The number of halogens is 1. The maximum Gasteiger partial charge on any atom is 0.0262 e. The first kappa shape index (κ1) is 18.5. The molecule has 0 spiro atoms. The second-order valence-corrected chi connectivity index (χ2v) is 8.55. The molecule has 1 heteroatoms. The zero-order valence-electron chi connectivity index (χ0n) is 13.4. The zero-order valence-corrected chi connectivity index (χ0v) is 15.0. The third-order valence-corrected chi connectivity index (χ3v) is 4.57. The van der Waals surface area contributed by atoms with Crippen molar-refractivity contribution in [3.05, 3.63) is 0 Å². The van der Waals surface area contributed by atoms with Crippen LogP contribution in [0.15, 0.2) is 0 Å². The smallest absolute Gasteiger partial charge is 0.0262 e. The first-order valence-electron chi connectivity index (χ1n) is 8.08. The van der Waals surface area contributed by atoms with Gasteiger partial charge in [-0.25, -0.2) is 0 Å². The molecule has 0 bridgehead atoms. The average molecular weight is 319 g/mol. The zero-order chi connectivity index (χ0) is 14.0. The van der Waals surface area contributed by atoms with E-state index < -0.39 is 0 Å². The lowest BCUT2D eigenvalue weighted by atomic mass is 9.85. The third kappa shape index (κ3) is 10.4.